The maximum Gasteiger partial charge on any atom is 0.353 e. The van der Waals surface area contributed by atoms with Gasteiger partial charge in [0.1, 0.15) is 17.1 Å². The van der Waals surface area contributed by atoms with Crippen molar-refractivity contribution in [1.29, 1.82) is 0 Å². The predicted octanol–water partition coefficient (Wildman–Crippen LogP) is 0.413. The maximum absolute atomic E-state index is 13.0. The average Bonchev–Trinajstić information content (AvgIpc) is 3.38. The molecule has 0 bridgehead atoms. The first-order valence-electron chi connectivity index (χ1n) is 12.4. The third-order valence-corrected chi connectivity index (χ3v) is 8.96. The lowest BCUT2D eigenvalue weighted by atomic mass is 9.92. The standard InChI is InChI=1S/C22H29FN10O5S3/c1-32(10-39-9-26-13-4-2-12(24)3-5-13)27-6-11-7-40-20-15(19(35)33(20)16(11)21(36)37)28-18(34)14(30-38-8-23)17-29-22(25)41-31-17/h6,9,12-13,15,20H,2-5,7-8,10,24H2,1H3,(H,28,34)(H,36,37)(H2,25,29,31)/b26-9?,27-6+,30-14-/t12?,13?,15?,20-/m1/s1. The average molecular weight is 629 g/mol. The number of halogens is 1. The number of fused-ring (bicyclic) bond motifs is 1. The number of nitrogens with two attached hydrogens (primary N) is 2. The van der Waals surface area contributed by atoms with Crippen molar-refractivity contribution in [3.05, 3.63) is 17.1 Å². The van der Waals surface area contributed by atoms with Crippen molar-refractivity contribution in [2.75, 3.05) is 31.3 Å². The van der Waals surface area contributed by atoms with Crippen molar-refractivity contribution < 1.29 is 28.7 Å². The van der Waals surface area contributed by atoms with Crippen LogP contribution in [0.4, 0.5) is 9.52 Å². The Hall–Kier alpha value is -3.29. The third kappa shape index (κ3) is 7.52. The number of aromatic nitrogens is 2. The first kappa shape index (κ1) is 30.7. The summed E-state index contributed by atoms with van der Waals surface area (Å²) in [6.07, 6.45) is 5.35. The number of hydrogen-bond donors (Lipinski definition) is 4. The molecule has 6 N–H and O–H groups in total. The van der Waals surface area contributed by atoms with Gasteiger partial charge in [0.25, 0.3) is 18.7 Å². The van der Waals surface area contributed by atoms with Crippen molar-refractivity contribution in [1.82, 2.24) is 24.6 Å². The number of oxime groups is 1. The molecule has 3 heterocycles. The van der Waals surface area contributed by atoms with Gasteiger partial charge < -0.3 is 26.7 Å². The quantitative estimate of drug-likeness (QED) is 0.0815. The van der Waals surface area contributed by atoms with Crippen LogP contribution in [0.15, 0.2) is 26.5 Å². The lowest BCUT2D eigenvalue weighted by Gasteiger charge is -2.49. The fourth-order valence-corrected chi connectivity index (χ4v) is 6.62. The molecule has 2 aliphatic heterocycles. The van der Waals surface area contributed by atoms with Crippen molar-refractivity contribution in [2.24, 2.45) is 21.0 Å². The number of carbonyl (C=O) groups excluding carboxylic acids is 2. The van der Waals surface area contributed by atoms with Gasteiger partial charge in [0.05, 0.1) is 23.7 Å². The SMILES string of the molecule is CN(CSC=NC1CCC(N)CC1)/N=C/C1=C(C(=O)O)N2C(=O)C(NC(=O)/C(=N\OCF)c3nsc(N)n3)[C@H]2SC1. The Labute approximate surface area is 246 Å². The fourth-order valence-electron chi connectivity index (χ4n) is 4.28. The fraction of sp³-hybridized carbons (Fsp3) is 0.545. The number of nitrogen functional groups attached to an aromatic ring is 1. The van der Waals surface area contributed by atoms with E-state index in [0.717, 1.165) is 42.1 Å². The number of carboxylic acid groups (broad SMARTS) is 1. The predicted molar refractivity (Wildman–Crippen MR) is 155 cm³/mol. The highest BCUT2D eigenvalue weighted by atomic mass is 32.2. The van der Waals surface area contributed by atoms with Crippen LogP contribution >= 0.6 is 35.1 Å². The smallest absolute Gasteiger partial charge is 0.353 e. The molecule has 4 rings (SSSR count). The van der Waals surface area contributed by atoms with Crippen molar-refractivity contribution in [3.8, 4) is 0 Å². The normalized spacial score (nSPS) is 24.9. The molecule has 0 spiro atoms. The van der Waals surface area contributed by atoms with Crippen LogP contribution in [0.3, 0.4) is 0 Å². The molecule has 1 aliphatic carbocycles. The lowest BCUT2D eigenvalue weighted by Crippen LogP contribution is -2.71. The van der Waals surface area contributed by atoms with Gasteiger partial charge in [-0.3, -0.25) is 24.5 Å². The first-order valence-corrected chi connectivity index (χ1v) is 15.3. The van der Waals surface area contributed by atoms with Gasteiger partial charge in [-0.2, -0.15) is 14.5 Å². The van der Waals surface area contributed by atoms with E-state index in [1.807, 2.05) is 5.55 Å². The van der Waals surface area contributed by atoms with Gasteiger partial charge in [0.15, 0.2) is 5.13 Å². The highest BCUT2D eigenvalue weighted by molar-refractivity contribution is 8.12. The number of aliphatic carboxylic acids is 1. The van der Waals surface area contributed by atoms with E-state index in [9.17, 15) is 23.9 Å². The van der Waals surface area contributed by atoms with E-state index in [1.165, 1.54) is 29.7 Å². The topological polar surface area (TPSA) is 214 Å². The summed E-state index contributed by atoms with van der Waals surface area (Å²) in [6.45, 7) is -1.31. The van der Waals surface area contributed by atoms with Crippen LogP contribution in [0.5, 0.6) is 0 Å². The Kier molecular flexibility index (Phi) is 10.5. The number of anilines is 1. The zero-order valence-corrected chi connectivity index (χ0v) is 24.3. The van der Waals surface area contributed by atoms with Gasteiger partial charge in [-0.15, -0.1) is 11.8 Å². The van der Waals surface area contributed by atoms with Crippen LogP contribution in [0.2, 0.25) is 0 Å². The summed E-state index contributed by atoms with van der Waals surface area (Å²) in [5.74, 6) is -2.32. The van der Waals surface area contributed by atoms with Crippen molar-refractivity contribution in [3.63, 3.8) is 0 Å². The number of thioether (sulfide) groups is 2. The first-order chi connectivity index (χ1) is 19.7. The van der Waals surface area contributed by atoms with Gasteiger partial charge in [0.2, 0.25) is 11.5 Å². The minimum atomic E-state index is -1.31. The number of aliphatic imine (C=N–C) groups is 1. The van der Waals surface area contributed by atoms with E-state index in [-0.39, 0.29) is 28.4 Å². The molecule has 0 aromatic carbocycles. The van der Waals surface area contributed by atoms with Crippen LogP contribution in [-0.4, -0.2) is 109 Å². The van der Waals surface area contributed by atoms with Gasteiger partial charge in [-0.25, -0.2) is 9.18 Å². The Morgan fingerprint density at radius 1 is 1.37 bits per heavy atom. The maximum atomic E-state index is 13.0. The molecule has 1 unspecified atom stereocenters. The molecule has 1 aromatic heterocycles. The minimum Gasteiger partial charge on any atom is -0.477 e. The summed E-state index contributed by atoms with van der Waals surface area (Å²) in [5.41, 5.74) is 12.9. The number of nitrogens with one attached hydrogen (secondary N) is 1. The van der Waals surface area contributed by atoms with E-state index >= 15 is 0 Å². The third-order valence-electron chi connectivity index (χ3n) is 6.32. The Morgan fingerprint density at radius 3 is 2.78 bits per heavy atom. The second-order valence-corrected chi connectivity index (χ2v) is 11.9. The number of nitrogens with zero attached hydrogens (tertiary/aromatic N) is 7. The van der Waals surface area contributed by atoms with Gasteiger partial charge in [-0.1, -0.05) is 16.9 Å². The van der Waals surface area contributed by atoms with Gasteiger partial charge in [-0.05, 0) is 25.7 Å². The Morgan fingerprint density at radius 2 is 2.12 bits per heavy atom. The van der Waals surface area contributed by atoms with E-state index in [2.05, 4.69) is 34.8 Å². The summed E-state index contributed by atoms with van der Waals surface area (Å²) in [6, 6.07) is -0.504. The zero-order chi connectivity index (χ0) is 29.5. The number of β-lactam (4-membered cyclic amide) rings is 1. The van der Waals surface area contributed by atoms with E-state index < -0.39 is 41.8 Å². The number of alkyl halides is 1. The number of amides is 2. The van der Waals surface area contributed by atoms with Crippen LogP contribution in [-0.2, 0) is 19.2 Å². The minimum absolute atomic E-state index is 0.0438. The van der Waals surface area contributed by atoms with Gasteiger partial charge in [0, 0.05) is 35.9 Å². The van der Waals surface area contributed by atoms with E-state index in [1.54, 1.807) is 12.1 Å². The summed E-state index contributed by atoms with van der Waals surface area (Å²) in [4.78, 5) is 51.8. The molecular formula is C22H29FN10O5S3. The number of hydrazone groups is 1. The number of rotatable bonds is 12. The van der Waals surface area contributed by atoms with Gasteiger partial charge >= 0.3 is 5.97 Å². The van der Waals surface area contributed by atoms with Crippen molar-refractivity contribution >= 4 is 75.4 Å². The molecule has 15 nitrogen and oxygen atoms in total. The highest BCUT2D eigenvalue weighted by Crippen LogP contribution is 2.40. The van der Waals surface area contributed by atoms with Crippen LogP contribution in [0.1, 0.15) is 31.5 Å². The molecule has 222 valence electrons. The largest absolute Gasteiger partial charge is 0.477 e. The van der Waals surface area contributed by atoms with Crippen LogP contribution in [0.25, 0.3) is 0 Å². The summed E-state index contributed by atoms with van der Waals surface area (Å²) in [5, 5.41) is 21.1. The van der Waals surface area contributed by atoms with E-state index in [0.29, 0.717) is 17.5 Å². The molecule has 0 radical (unpaired) electrons. The molecule has 1 aromatic rings. The number of carboxylic acids is 1. The van der Waals surface area contributed by atoms with E-state index in [4.69, 9.17) is 11.5 Å². The zero-order valence-electron chi connectivity index (χ0n) is 21.9. The molecule has 3 aliphatic rings. The lowest BCUT2D eigenvalue weighted by molar-refractivity contribution is -0.150. The molecule has 2 amide bonds. The molecule has 2 atom stereocenters. The monoisotopic (exact) mass is 628 g/mol. The van der Waals surface area contributed by atoms with Crippen LogP contribution < -0.4 is 16.8 Å². The summed E-state index contributed by atoms with van der Waals surface area (Å²) < 4.78 is 16.4. The Balaban J connectivity index is 1.36. The molecule has 2 fully saturated rings. The second-order valence-electron chi connectivity index (χ2n) is 9.20. The number of carbonyl (C=O) groups is 3. The summed E-state index contributed by atoms with van der Waals surface area (Å²) in [7, 11) is 1.74. The second kappa shape index (κ2) is 14.1. The van der Waals surface area contributed by atoms with Crippen molar-refractivity contribution in [2.45, 2.75) is 49.2 Å². The molecule has 19 heteroatoms. The molecule has 1 saturated heterocycles. The molecular weight excluding hydrogens is 600 g/mol. The molecule has 41 heavy (non-hydrogen) atoms. The summed E-state index contributed by atoms with van der Waals surface area (Å²) >= 11 is 3.52. The van der Waals surface area contributed by atoms with Crippen LogP contribution in [0, 0.1) is 0 Å². The Bertz CT molecular complexity index is 1270. The molecule has 1 saturated carbocycles. The number of hydrogen-bond acceptors (Lipinski definition) is 15. The highest BCUT2D eigenvalue weighted by Gasteiger charge is 2.54.